The van der Waals surface area contributed by atoms with Crippen molar-refractivity contribution in [2.75, 3.05) is 26.7 Å². The number of tetrazole rings is 1. The van der Waals surface area contributed by atoms with E-state index in [0.29, 0.717) is 0 Å². The van der Waals surface area contributed by atoms with Crippen LogP contribution >= 0.6 is 0 Å². The molecule has 1 N–H and O–H groups in total. The molecule has 3 rings (SSSR count). The van der Waals surface area contributed by atoms with Crippen LogP contribution in [-0.2, 0) is 6.54 Å². The van der Waals surface area contributed by atoms with Gasteiger partial charge in [-0.25, -0.2) is 0 Å². The van der Waals surface area contributed by atoms with Crippen LogP contribution in [0.5, 0.6) is 0 Å². The number of hydrogen-bond acceptors (Lipinski definition) is 5. The SMILES string of the molecule is CNCC1CCN(Cc2nnnn2-c2ccccc2)CC1. The molecular formula is C15H22N6. The van der Waals surface area contributed by atoms with Gasteiger partial charge in [0.15, 0.2) is 5.82 Å². The highest BCUT2D eigenvalue weighted by Crippen LogP contribution is 2.18. The molecule has 6 nitrogen and oxygen atoms in total. The van der Waals surface area contributed by atoms with E-state index in [1.54, 1.807) is 0 Å². The van der Waals surface area contributed by atoms with Gasteiger partial charge in [-0.1, -0.05) is 18.2 Å². The number of nitrogens with one attached hydrogen (secondary N) is 1. The fourth-order valence-corrected chi connectivity index (χ4v) is 2.91. The summed E-state index contributed by atoms with van der Waals surface area (Å²) >= 11 is 0. The number of likely N-dealkylation sites (tertiary alicyclic amines) is 1. The van der Waals surface area contributed by atoms with Crippen LogP contribution in [0.2, 0.25) is 0 Å². The molecule has 0 saturated carbocycles. The molecule has 2 aromatic rings. The van der Waals surface area contributed by atoms with E-state index in [1.807, 2.05) is 42.1 Å². The van der Waals surface area contributed by atoms with Crippen LogP contribution in [0.1, 0.15) is 18.7 Å². The molecule has 1 saturated heterocycles. The number of piperidine rings is 1. The third kappa shape index (κ3) is 3.46. The first kappa shape index (κ1) is 14.2. The Hall–Kier alpha value is -1.79. The Labute approximate surface area is 125 Å². The predicted molar refractivity (Wildman–Crippen MR) is 81.1 cm³/mol. The zero-order chi connectivity index (χ0) is 14.5. The van der Waals surface area contributed by atoms with Gasteiger partial charge in [0.2, 0.25) is 0 Å². The van der Waals surface area contributed by atoms with Crippen LogP contribution in [0.25, 0.3) is 5.69 Å². The molecule has 21 heavy (non-hydrogen) atoms. The molecule has 1 aliphatic rings. The maximum atomic E-state index is 4.19. The van der Waals surface area contributed by atoms with Gasteiger partial charge < -0.3 is 5.32 Å². The molecule has 0 spiro atoms. The smallest absolute Gasteiger partial charge is 0.170 e. The minimum Gasteiger partial charge on any atom is -0.319 e. The number of benzene rings is 1. The number of aromatic nitrogens is 4. The topological polar surface area (TPSA) is 58.9 Å². The van der Waals surface area contributed by atoms with E-state index < -0.39 is 0 Å². The second kappa shape index (κ2) is 6.78. The van der Waals surface area contributed by atoms with Gasteiger partial charge in [-0.05, 0) is 68.0 Å². The summed E-state index contributed by atoms with van der Waals surface area (Å²) in [6.45, 7) is 4.17. The maximum Gasteiger partial charge on any atom is 0.170 e. The van der Waals surface area contributed by atoms with Crippen LogP contribution in [0.3, 0.4) is 0 Å². The predicted octanol–water partition coefficient (Wildman–Crippen LogP) is 1.09. The van der Waals surface area contributed by atoms with Crippen LogP contribution in [0.4, 0.5) is 0 Å². The van der Waals surface area contributed by atoms with Crippen molar-refractivity contribution in [2.45, 2.75) is 19.4 Å². The van der Waals surface area contributed by atoms with E-state index in [4.69, 9.17) is 0 Å². The lowest BCUT2D eigenvalue weighted by Crippen LogP contribution is -2.36. The lowest BCUT2D eigenvalue weighted by molar-refractivity contribution is 0.172. The van der Waals surface area contributed by atoms with Gasteiger partial charge in [0, 0.05) is 0 Å². The molecule has 0 amide bonds. The number of hydrogen-bond donors (Lipinski definition) is 1. The van der Waals surface area contributed by atoms with E-state index in [-0.39, 0.29) is 0 Å². The average molecular weight is 286 g/mol. The molecule has 6 heteroatoms. The van der Waals surface area contributed by atoms with Gasteiger partial charge in [-0.15, -0.1) is 5.10 Å². The molecule has 0 unspecified atom stereocenters. The lowest BCUT2D eigenvalue weighted by atomic mass is 9.97. The first-order valence-electron chi connectivity index (χ1n) is 7.56. The van der Waals surface area contributed by atoms with Crippen LogP contribution in [-0.4, -0.2) is 51.8 Å². The van der Waals surface area contributed by atoms with Crippen LogP contribution < -0.4 is 5.32 Å². The van der Waals surface area contributed by atoms with Crippen molar-refractivity contribution in [1.82, 2.24) is 30.4 Å². The number of rotatable bonds is 5. The maximum absolute atomic E-state index is 4.19. The molecular weight excluding hydrogens is 264 g/mol. The van der Waals surface area contributed by atoms with Crippen molar-refractivity contribution < 1.29 is 0 Å². The highest BCUT2D eigenvalue weighted by molar-refractivity contribution is 5.30. The van der Waals surface area contributed by atoms with E-state index in [9.17, 15) is 0 Å². The monoisotopic (exact) mass is 286 g/mol. The fourth-order valence-electron chi connectivity index (χ4n) is 2.91. The summed E-state index contributed by atoms with van der Waals surface area (Å²) in [4.78, 5) is 2.44. The van der Waals surface area contributed by atoms with Gasteiger partial charge in [0.25, 0.3) is 0 Å². The molecule has 0 radical (unpaired) electrons. The van der Waals surface area contributed by atoms with Gasteiger partial charge in [-0.2, -0.15) is 4.68 Å². The van der Waals surface area contributed by atoms with Gasteiger partial charge in [0.1, 0.15) is 0 Å². The highest BCUT2D eigenvalue weighted by atomic mass is 15.5. The van der Waals surface area contributed by atoms with Crippen LogP contribution in [0.15, 0.2) is 30.3 Å². The first-order valence-corrected chi connectivity index (χ1v) is 7.56. The first-order chi connectivity index (χ1) is 10.4. The third-order valence-electron chi connectivity index (χ3n) is 4.10. The Kier molecular flexibility index (Phi) is 4.57. The number of nitrogens with zero attached hydrogens (tertiary/aromatic N) is 5. The van der Waals surface area contributed by atoms with E-state index in [0.717, 1.165) is 43.6 Å². The highest BCUT2D eigenvalue weighted by Gasteiger charge is 2.20. The molecule has 1 fully saturated rings. The standard InChI is InChI=1S/C15H22N6/c1-16-11-13-7-9-20(10-8-13)12-15-17-18-19-21(15)14-5-3-2-4-6-14/h2-6,13,16H,7-12H2,1H3. The summed E-state index contributed by atoms with van der Waals surface area (Å²) in [6, 6.07) is 10.1. The van der Waals surface area contributed by atoms with Crippen molar-refractivity contribution in [2.24, 2.45) is 5.92 Å². The zero-order valence-corrected chi connectivity index (χ0v) is 12.4. The summed E-state index contributed by atoms with van der Waals surface area (Å²) in [5.74, 6) is 1.71. The van der Waals surface area contributed by atoms with E-state index in [2.05, 4.69) is 25.7 Å². The quantitative estimate of drug-likeness (QED) is 0.892. The summed E-state index contributed by atoms with van der Waals surface area (Å²) in [5.41, 5.74) is 1.02. The zero-order valence-electron chi connectivity index (χ0n) is 12.4. The van der Waals surface area contributed by atoms with Gasteiger partial charge >= 0.3 is 0 Å². The Morgan fingerprint density at radius 1 is 1.19 bits per heavy atom. The lowest BCUT2D eigenvalue weighted by Gasteiger charge is -2.31. The summed E-state index contributed by atoms with van der Waals surface area (Å²) in [6.07, 6.45) is 2.49. The Morgan fingerprint density at radius 3 is 2.67 bits per heavy atom. The van der Waals surface area contributed by atoms with Crippen molar-refractivity contribution in [3.63, 3.8) is 0 Å². The van der Waals surface area contributed by atoms with Crippen molar-refractivity contribution in [3.8, 4) is 5.69 Å². The summed E-state index contributed by atoms with van der Waals surface area (Å²) in [5, 5.41) is 15.4. The number of para-hydroxylation sites is 1. The minimum absolute atomic E-state index is 0.802. The largest absolute Gasteiger partial charge is 0.319 e. The molecule has 112 valence electrons. The normalized spacial score (nSPS) is 17.2. The molecule has 1 aromatic heterocycles. The molecule has 0 aliphatic carbocycles. The Bertz CT molecular complexity index is 544. The molecule has 1 aromatic carbocycles. The summed E-state index contributed by atoms with van der Waals surface area (Å²) in [7, 11) is 2.03. The second-order valence-corrected chi connectivity index (χ2v) is 5.62. The minimum atomic E-state index is 0.802. The second-order valence-electron chi connectivity index (χ2n) is 5.62. The average Bonchev–Trinajstić information content (AvgIpc) is 2.98. The third-order valence-corrected chi connectivity index (χ3v) is 4.10. The van der Waals surface area contributed by atoms with Crippen molar-refractivity contribution in [1.29, 1.82) is 0 Å². The molecule has 0 bridgehead atoms. The van der Waals surface area contributed by atoms with Gasteiger partial charge in [-0.3, -0.25) is 4.90 Å². The van der Waals surface area contributed by atoms with Crippen molar-refractivity contribution >= 4 is 0 Å². The molecule has 2 heterocycles. The van der Waals surface area contributed by atoms with Crippen LogP contribution in [0, 0.1) is 5.92 Å². The van der Waals surface area contributed by atoms with Gasteiger partial charge in [0.05, 0.1) is 12.2 Å². The van der Waals surface area contributed by atoms with E-state index >= 15 is 0 Å². The Morgan fingerprint density at radius 2 is 1.95 bits per heavy atom. The fraction of sp³-hybridized carbons (Fsp3) is 0.533. The van der Waals surface area contributed by atoms with E-state index in [1.165, 1.54) is 12.8 Å². The molecule has 0 atom stereocenters. The molecule has 1 aliphatic heterocycles. The Balaban J connectivity index is 1.63. The van der Waals surface area contributed by atoms with Crippen molar-refractivity contribution in [3.05, 3.63) is 36.2 Å². The summed E-state index contributed by atoms with van der Waals surface area (Å²) < 4.78 is 1.83.